The monoisotopic (exact) mass is 366 g/mol. The van der Waals surface area contributed by atoms with Crippen LogP contribution in [-0.2, 0) is 0 Å². The maximum absolute atomic E-state index is 11.3. The van der Waals surface area contributed by atoms with Gasteiger partial charge in [-0.25, -0.2) is 4.79 Å². The summed E-state index contributed by atoms with van der Waals surface area (Å²) >= 11 is 0. The zero-order valence-electron chi connectivity index (χ0n) is 14.6. The molecule has 2 aromatic rings. The molecule has 1 aliphatic carbocycles. The van der Waals surface area contributed by atoms with E-state index < -0.39 is 10.9 Å². The van der Waals surface area contributed by atoms with Crippen LogP contribution in [0.15, 0.2) is 48.6 Å². The van der Waals surface area contributed by atoms with E-state index in [9.17, 15) is 14.9 Å². The molecular formula is C20H18N2O5. The van der Waals surface area contributed by atoms with Gasteiger partial charge in [-0.3, -0.25) is 10.1 Å². The lowest BCUT2D eigenvalue weighted by Gasteiger charge is -2.38. The number of nitro benzene ring substituents is 1. The fourth-order valence-electron chi connectivity index (χ4n) is 4.08. The van der Waals surface area contributed by atoms with Crippen LogP contribution in [0.3, 0.4) is 0 Å². The standard InChI is InChI=1S/C20H18N2O5/c1-27-17-10-13(22(25)26)9-16-14-3-2-4-15(14)18(21-19(16)17)11-5-7-12(8-6-11)20(23)24/h2-3,5-10,14-15,18,21H,4H2,1H3,(H,23,24)/t14-,15-,18+/m0/s1. The molecule has 0 fully saturated rings. The number of methoxy groups -OCH3 is 1. The van der Waals surface area contributed by atoms with Crippen molar-refractivity contribution in [3.63, 3.8) is 0 Å². The van der Waals surface area contributed by atoms with Crippen LogP contribution in [0.1, 0.15) is 39.9 Å². The molecular weight excluding hydrogens is 348 g/mol. The van der Waals surface area contributed by atoms with Crippen LogP contribution in [0.25, 0.3) is 0 Å². The van der Waals surface area contributed by atoms with Gasteiger partial charge in [0.15, 0.2) is 0 Å². The smallest absolute Gasteiger partial charge is 0.335 e. The summed E-state index contributed by atoms with van der Waals surface area (Å²) in [4.78, 5) is 22.0. The van der Waals surface area contributed by atoms with E-state index >= 15 is 0 Å². The van der Waals surface area contributed by atoms with Crippen molar-refractivity contribution in [3.8, 4) is 5.75 Å². The Kier molecular flexibility index (Phi) is 4.07. The van der Waals surface area contributed by atoms with Crippen LogP contribution in [0, 0.1) is 16.0 Å². The quantitative estimate of drug-likeness (QED) is 0.479. The number of non-ortho nitro benzene ring substituents is 1. The average molecular weight is 366 g/mol. The minimum absolute atomic E-state index is 0.00992. The number of hydrogen-bond acceptors (Lipinski definition) is 5. The molecule has 7 heteroatoms. The third-order valence-corrected chi connectivity index (χ3v) is 5.36. The van der Waals surface area contributed by atoms with E-state index in [1.807, 2.05) is 12.1 Å². The summed E-state index contributed by atoms with van der Waals surface area (Å²) in [6.07, 6.45) is 5.02. The second-order valence-electron chi connectivity index (χ2n) is 6.77. The van der Waals surface area contributed by atoms with Gasteiger partial charge in [-0.05, 0) is 35.6 Å². The van der Waals surface area contributed by atoms with Crippen molar-refractivity contribution in [3.05, 3.63) is 75.4 Å². The normalized spacial score (nSPS) is 22.5. The summed E-state index contributed by atoms with van der Waals surface area (Å²) in [5.41, 5.74) is 2.84. The molecule has 0 saturated heterocycles. The van der Waals surface area contributed by atoms with E-state index in [1.54, 1.807) is 18.2 Å². The first-order valence-corrected chi connectivity index (χ1v) is 8.62. The molecule has 0 unspecified atom stereocenters. The lowest BCUT2D eigenvalue weighted by atomic mass is 9.76. The van der Waals surface area contributed by atoms with Gasteiger partial charge in [0.25, 0.3) is 5.69 Å². The van der Waals surface area contributed by atoms with Crippen LogP contribution in [0.2, 0.25) is 0 Å². The first-order chi connectivity index (χ1) is 13.0. The number of hydrogen-bond donors (Lipinski definition) is 2. The molecule has 3 atom stereocenters. The molecule has 0 amide bonds. The molecule has 2 N–H and O–H groups in total. The summed E-state index contributed by atoms with van der Waals surface area (Å²) < 4.78 is 5.42. The number of ether oxygens (including phenoxy) is 1. The molecule has 7 nitrogen and oxygen atoms in total. The third kappa shape index (κ3) is 2.81. The summed E-state index contributed by atoms with van der Waals surface area (Å²) in [6.45, 7) is 0. The first-order valence-electron chi connectivity index (χ1n) is 8.62. The van der Waals surface area contributed by atoms with Gasteiger partial charge in [0.05, 0.1) is 35.4 Å². The zero-order valence-corrected chi connectivity index (χ0v) is 14.6. The summed E-state index contributed by atoms with van der Waals surface area (Å²) in [5, 5.41) is 23.9. The molecule has 2 aromatic carbocycles. The van der Waals surface area contributed by atoms with Crippen LogP contribution in [0.5, 0.6) is 5.75 Å². The van der Waals surface area contributed by atoms with Gasteiger partial charge in [-0.15, -0.1) is 0 Å². The van der Waals surface area contributed by atoms with Gasteiger partial charge in [0, 0.05) is 12.0 Å². The number of carboxylic acid groups (broad SMARTS) is 1. The molecule has 1 heterocycles. The molecule has 0 radical (unpaired) electrons. The van der Waals surface area contributed by atoms with E-state index in [4.69, 9.17) is 9.84 Å². The molecule has 1 aliphatic heterocycles. The number of benzene rings is 2. The lowest BCUT2D eigenvalue weighted by molar-refractivity contribution is -0.385. The zero-order chi connectivity index (χ0) is 19.1. The number of nitrogens with zero attached hydrogens (tertiary/aromatic N) is 1. The fraction of sp³-hybridized carbons (Fsp3) is 0.250. The van der Waals surface area contributed by atoms with Crippen LogP contribution < -0.4 is 10.1 Å². The SMILES string of the molecule is COc1cc([N+](=O)[O-])cc2c1N[C@H](c1ccc(C(=O)O)cc1)[C@H]1CC=C[C@H]21. The van der Waals surface area contributed by atoms with Crippen LogP contribution in [-0.4, -0.2) is 23.1 Å². The van der Waals surface area contributed by atoms with Crippen molar-refractivity contribution < 1.29 is 19.6 Å². The number of carbonyl (C=O) groups is 1. The molecule has 0 aromatic heterocycles. The highest BCUT2D eigenvalue weighted by Crippen LogP contribution is 2.53. The largest absolute Gasteiger partial charge is 0.494 e. The molecule has 0 spiro atoms. The van der Waals surface area contributed by atoms with Crippen molar-refractivity contribution in [2.24, 2.45) is 5.92 Å². The minimum Gasteiger partial charge on any atom is -0.494 e. The summed E-state index contributed by atoms with van der Waals surface area (Å²) in [5.74, 6) is -0.290. The van der Waals surface area contributed by atoms with Crippen molar-refractivity contribution in [1.82, 2.24) is 0 Å². The van der Waals surface area contributed by atoms with Crippen molar-refractivity contribution >= 4 is 17.3 Å². The van der Waals surface area contributed by atoms with E-state index in [0.29, 0.717) is 5.75 Å². The predicted molar refractivity (Wildman–Crippen MR) is 99.4 cm³/mol. The van der Waals surface area contributed by atoms with Gasteiger partial charge in [0.1, 0.15) is 5.75 Å². The number of aromatic carboxylic acids is 1. The van der Waals surface area contributed by atoms with Gasteiger partial charge in [0.2, 0.25) is 0 Å². The number of rotatable bonds is 4. The number of carboxylic acids is 1. The van der Waals surface area contributed by atoms with Gasteiger partial charge >= 0.3 is 5.97 Å². The van der Waals surface area contributed by atoms with Crippen molar-refractivity contribution in [2.45, 2.75) is 18.4 Å². The Hall–Kier alpha value is -3.35. The molecule has 4 rings (SSSR count). The maximum Gasteiger partial charge on any atom is 0.335 e. The molecule has 0 saturated carbocycles. The predicted octanol–water partition coefficient (Wildman–Crippen LogP) is 4.13. The van der Waals surface area contributed by atoms with Crippen LogP contribution in [0.4, 0.5) is 11.4 Å². The summed E-state index contributed by atoms with van der Waals surface area (Å²) in [6, 6.07) is 9.82. The Morgan fingerprint density at radius 1 is 1.30 bits per heavy atom. The Labute approximate surface area is 155 Å². The number of nitro groups is 1. The third-order valence-electron chi connectivity index (χ3n) is 5.36. The van der Waals surface area contributed by atoms with Gasteiger partial charge < -0.3 is 15.2 Å². The Bertz CT molecular complexity index is 952. The summed E-state index contributed by atoms with van der Waals surface area (Å²) in [7, 11) is 1.49. The van der Waals surface area contributed by atoms with E-state index in [-0.39, 0.29) is 29.1 Å². The first kappa shape index (κ1) is 17.1. The molecule has 27 heavy (non-hydrogen) atoms. The van der Waals surface area contributed by atoms with E-state index in [1.165, 1.54) is 13.2 Å². The second kappa shape index (κ2) is 6.42. The lowest BCUT2D eigenvalue weighted by Crippen LogP contribution is -2.29. The Balaban J connectivity index is 1.79. The van der Waals surface area contributed by atoms with E-state index in [0.717, 1.165) is 23.2 Å². The average Bonchev–Trinajstić information content (AvgIpc) is 3.16. The number of anilines is 1. The van der Waals surface area contributed by atoms with Crippen LogP contribution >= 0.6 is 0 Å². The highest BCUT2D eigenvalue weighted by Gasteiger charge is 2.40. The highest BCUT2D eigenvalue weighted by atomic mass is 16.6. The Morgan fingerprint density at radius 2 is 2.04 bits per heavy atom. The molecule has 0 bridgehead atoms. The Morgan fingerprint density at radius 3 is 2.67 bits per heavy atom. The van der Waals surface area contributed by atoms with Crippen molar-refractivity contribution in [1.29, 1.82) is 0 Å². The minimum atomic E-state index is -0.960. The number of fused-ring (bicyclic) bond motifs is 3. The number of nitrogens with one attached hydrogen (secondary N) is 1. The molecule has 138 valence electrons. The number of allylic oxidation sites excluding steroid dienone is 2. The van der Waals surface area contributed by atoms with Crippen molar-refractivity contribution in [2.75, 3.05) is 12.4 Å². The second-order valence-corrected chi connectivity index (χ2v) is 6.77. The van der Waals surface area contributed by atoms with Gasteiger partial charge in [-0.1, -0.05) is 24.3 Å². The van der Waals surface area contributed by atoms with E-state index in [2.05, 4.69) is 17.5 Å². The topological polar surface area (TPSA) is 102 Å². The fourth-order valence-corrected chi connectivity index (χ4v) is 4.08. The highest BCUT2D eigenvalue weighted by molar-refractivity contribution is 5.87. The maximum atomic E-state index is 11.3. The molecule has 2 aliphatic rings. The van der Waals surface area contributed by atoms with Gasteiger partial charge in [-0.2, -0.15) is 0 Å².